The van der Waals surface area contributed by atoms with Crippen molar-refractivity contribution in [2.24, 2.45) is 0 Å². The number of ether oxygens (including phenoxy) is 1. The molecule has 0 spiro atoms. The van der Waals surface area contributed by atoms with Gasteiger partial charge in [-0.05, 0) is 18.2 Å². The molecule has 0 fully saturated rings. The molecule has 0 aromatic heterocycles. The van der Waals surface area contributed by atoms with E-state index < -0.39 is 27.0 Å². The Hall–Kier alpha value is -2.65. The molecule has 5 nitrogen and oxygen atoms in total. The smallest absolute Gasteiger partial charge is 0.506 e. The van der Waals surface area contributed by atoms with Crippen LogP contribution >= 0.6 is 11.6 Å². The van der Waals surface area contributed by atoms with E-state index in [2.05, 4.69) is 22.6 Å². The summed E-state index contributed by atoms with van der Waals surface area (Å²) in [7, 11) is -4.50. The normalized spacial score (nSPS) is 11.7. The zero-order chi connectivity index (χ0) is 20.4. The van der Waals surface area contributed by atoms with Gasteiger partial charge in [0, 0.05) is 11.1 Å². The quantitative estimate of drug-likeness (QED) is 0.644. The number of aromatic hydroxyl groups is 1. The molecule has 10 heteroatoms. The third kappa shape index (κ3) is 4.55. The fourth-order valence-corrected chi connectivity index (χ4v) is 3.68. The first kappa shape index (κ1) is 20.7. The maximum atomic E-state index is 12.6. The average molecular weight is 420 g/mol. The van der Waals surface area contributed by atoms with Crippen LogP contribution < -0.4 is 9.46 Å². The highest BCUT2D eigenvalue weighted by molar-refractivity contribution is 7.92. The van der Waals surface area contributed by atoms with Gasteiger partial charge in [0.2, 0.25) is 0 Å². The largest absolute Gasteiger partial charge is 0.573 e. The van der Waals surface area contributed by atoms with E-state index >= 15 is 0 Å². The molecule has 2 aromatic carbocycles. The second-order valence-corrected chi connectivity index (χ2v) is 7.15. The van der Waals surface area contributed by atoms with Crippen LogP contribution in [0.15, 0.2) is 48.4 Å². The summed E-state index contributed by atoms with van der Waals surface area (Å²) in [6, 6.07) is 5.36. The van der Waals surface area contributed by atoms with Crippen LogP contribution in [0, 0.1) is 0 Å². The number of nitrogens with one attached hydrogen (secondary N) is 1. The van der Waals surface area contributed by atoms with Crippen molar-refractivity contribution in [2.75, 3.05) is 4.72 Å². The molecule has 0 aliphatic rings. The molecular formula is C17H13ClF3NO4S. The predicted octanol–water partition coefficient (Wildman–Crippen LogP) is 5.03. The van der Waals surface area contributed by atoms with Gasteiger partial charge in [0.1, 0.15) is 16.4 Å². The highest BCUT2D eigenvalue weighted by Gasteiger charge is 2.34. The Labute approximate surface area is 158 Å². The molecule has 0 bridgehead atoms. The Balaban J connectivity index is 2.58. The number of benzene rings is 2. The van der Waals surface area contributed by atoms with Crippen LogP contribution in [0.2, 0.25) is 5.02 Å². The van der Waals surface area contributed by atoms with Crippen LogP contribution in [-0.4, -0.2) is 19.9 Å². The van der Waals surface area contributed by atoms with E-state index in [1.165, 1.54) is 24.3 Å². The minimum Gasteiger partial charge on any atom is -0.506 e. The molecular weight excluding hydrogens is 407 g/mol. The van der Waals surface area contributed by atoms with Gasteiger partial charge in [-0.25, -0.2) is 8.42 Å². The first-order chi connectivity index (χ1) is 12.5. The number of sulfonamides is 1. The first-order valence-electron chi connectivity index (χ1n) is 7.18. The van der Waals surface area contributed by atoms with Crippen LogP contribution in [0.5, 0.6) is 11.5 Å². The van der Waals surface area contributed by atoms with E-state index in [-0.39, 0.29) is 27.6 Å². The number of anilines is 1. The van der Waals surface area contributed by atoms with E-state index in [0.717, 1.165) is 18.2 Å². The van der Waals surface area contributed by atoms with Crippen LogP contribution in [0.3, 0.4) is 0 Å². The summed E-state index contributed by atoms with van der Waals surface area (Å²) in [5.74, 6) is -1.24. The number of halogens is 4. The lowest BCUT2D eigenvalue weighted by atomic mass is 10.0. The molecule has 0 saturated heterocycles. The minimum atomic E-state index is -5.07. The Morgan fingerprint density at radius 3 is 2.30 bits per heavy atom. The van der Waals surface area contributed by atoms with Crippen molar-refractivity contribution < 1.29 is 31.4 Å². The fourth-order valence-electron chi connectivity index (χ4n) is 2.27. The summed E-state index contributed by atoms with van der Waals surface area (Å²) in [5.41, 5.74) is 0.143. The van der Waals surface area contributed by atoms with E-state index in [0.29, 0.717) is 0 Å². The lowest BCUT2D eigenvalue weighted by Gasteiger charge is -2.17. The maximum Gasteiger partial charge on any atom is 0.573 e. The van der Waals surface area contributed by atoms with Gasteiger partial charge in [0.05, 0.1) is 10.7 Å². The number of para-hydroxylation sites is 1. The Morgan fingerprint density at radius 2 is 1.74 bits per heavy atom. The number of alkyl halides is 3. The highest BCUT2D eigenvalue weighted by atomic mass is 35.5. The summed E-state index contributed by atoms with van der Waals surface area (Å²) >= 11 is 5.88. The van der Waals surface area contributed by atoms with Crippen molar-refractivity contribution in [3.05, 3.63) is 59.6 Å². The molecule has 0 aliphatic heterocycles. The van der Waals surface area contributed by atoms with Gasteiger partial charge >= 0.3 is 6.36 Å². The summed E-state index contributed by atoms with van der Waals surface area (Å²) in [6.07, 6.45) is -2.60. The van der Waals surface area contributed by atoms with Crippen LogP contribution in [0.25, 0.3) is 12.2 Å². The monoisotopic (exact) mass is 419 g/mol. The standard InChI is InChI=1S/C17H13ClF3NO4S/c1-3-10-11(4-2)16(23)12(18)9-13(10)22-27(24,25)15-8-6-5-7-14(15)26-17(19,20)21/h3-9,22-23H,1-2H2. The molecule has 144 valence electrons. The molecule has 27 heavy (non-hydrogen) atoms. The van der Waals surface area contributed by atoms with Crippen molar-refractivity contribution in [1.29, 1.82) is 0 Å². The van der Waals surface area contributed by atoms with E-state index in [9.17, 15) is 26.7 Å². The molecule has 2 rings (SSSR count). The summed E-state index contributed by atoms with van der Waals surface area (Å²) < 4.78 is 68.8. The molecule has 0 unspecified atom stereocenters. The molecule has 2 aromatic rings. The predicted molar refractivity (Wildman–Crippen MR) is 97.2 cm³/mol. The van der Waals surface area contributed by atoms with Gasteiger partial charge in [-0.3, -0.25) is 4.72 Å². The van der Waals surface area contributed by atoms with E-state index in [1.807, 2.05) is 0 Å². The van der Waals surface area contributed by atoms with Crippen molar-refractivity contribution in [3.8, 4) is 11.5 Å². The van der Waals surface area contributed by atoms with Gasteiger partial charge < -0.3 is 9.84 Å². The third-order valence-corrected chi connectivity index (χ3v) is 5.04. The van der Waals surface area contributed by atoms with E-state index in [1.54, 1.807) is 0 Å². The SMILES string of the molecule is C=Cc1c(NS(=O)(=O)c2ccccc2OC(F)(F)F)cc(Cl)c(O)c1C=C. The second kappa shape index (κ2) is 7.53. The minimum absolute atomic E-state index is 0.107. The number of hydrogen-bond acceptors (Lipinski definition) is 4. The van der Waals surface area contributed by atoms with Gasteiger partial charge in [-0.1, -0.05) is 49.0 Å². The van der Waals surface area contributed by atoms with Crippen LogP contribution in [0.4, 0.5) is 18.9 Å². The van der Waals surface area contributed by atoms with Gasteiger partial charge in [-0.15, -0.1) is 13.2 Å². The fraction of sp³-hybridized carbons (Fsp3) is 0.0588. The Morgan fingerprint density at radius 1 is 1.15 bits per heavy atom. The van der Waals surface area contributed by atoms with Gasteiger partial charge in [-0.2, -0.15) is 0 Å². The Kier molecular flexibility index (Phi) is 5.76. The summed E-state index contributed by atoms with van der Waals surface area (Å²) in [6.45, 7) is 7.03. The van der Waals surface area contributed by atoms with Crippen molar-refractivity contribution in [3.63, 3.8) is 0 Å². The molecule has 0 aliphatic carbocycles. The van der Waals surface area contributed by atoms with E-state index in [4.69, 9.17) is 11.6 Å². The van der Waals surface area contributed by atoms with Gasteiger partial charge in [0.15, 0.2) is 0 Å². The topological polar surface area (TPSA) is 75.6 Å². The molecule has 0 radical (unpaired) electrons. The average Bonchev–Trinajstić information content (AvgIpc) is 2.56. The van der Waals surface area contributed by atoms with Crippen molar-refractivity contribution in [1.82, 2.24) is 0 Å². The molecule has 0 amide bonds. The third-order valence-electron chi connectivity index (χ3n) is 3.35. The second-order valence-electron chi connectivity index (χ2n) is 5.09. The maximum absolute atomic E-state index is 12.6. The zero-order valence-electron chi connectivity index (χ0n) is 13.5. The Bertz CT molecular complexity index is 1000. The molecule has 2 N–H and O–H groups in total. The van der Waals surface area contributed by atoms with Crippen molar-refractivity contribution >= 4 is 39.5 Å². The highest BCUT2D eigenvalue weighted by Crippen LogP contribution is 2.38. The van der Waals surface area contributed by atoms with Gasteiger partial charge in [0.25, 0.3) is 10.0 Å². The number of phenolic OH excluding ortho intramolecular Hbond substituents is 1. The first-order valence-corrected chi connectivity index (χ1v) is 9.04. The molecule has 0 saturated carbocycles. The molecule has 0 atom stereocenters. The number of phenols is 1. The number of rotatable bonds is 6. The summed E-state index contributed by atoms with van der Waals surface area (Å²) in [4.78, 5) is -0.735. The number of hydrogen-bond donors (Lipinski definition) is 2. The van der Waals surface area contributed by atoms with Crippen LogP contribution in [0.1, 0.15) is 11.1 Å². The lowest BCUT2D eigenvalue weighted by Crippen LogP contribution is -2.21. The molecule has 0 heterocycles. The zero-order valence-corrected chi connectivity index (χ0v) is 15.1. The van der Waals surface area contributed by atoms with Crippen molar-refractivity contribution in [2.45, 2.75) is 11.3 Å². The summed E-state index contributed by atoms with van der Waals surface area (Å²) in [5, 5.41) is 9.76. The lowest BCUT2D eigenvalue weighted by molar-refractivity contribution is -0.275. The van der Waals surface area contributed by atoms with Crippen LogP contribution in [-0.2, 0) is 10.0 Å².